The Morgan fingerprint density at radius 2 is 1.83 bits per heavy atom. The van der Waals surface area contributed by atoms with E-state index in [1.165, 1.54) is 0 Å². The van der Waals surface area contributed by atoms with Gasteiger partial charge in [0.2, 0.25) is 5.91 Å². The molecule has 0 unspecified atom stereocenters. The van der Waals surface area contributed by atoms with Crippen molar-refractivity contribution in [3.05, 3.63) is 28.8 Å². The summed E-state index contributed by atoms with van der Waals surface area (Å²) in [5, 5.41) is 0. The molecule has 5 nitrogen and oxygen atoms in total. The zero-order chi connectivity index (χ0) is 17.1. The molecule has 126 valence electrons. The highest BCUT2D eigenvalue weighted by molar-refractivity contribution is 5.82. The third-order valence-corrected chi connectivity index (χ3v) is 4.62. The Bertz CT molecular complexity index is 605. The second-order valence-electron chi connectivity index (χ2n) is 6.47. The van der Waals surface area contributed by atoms with Gasteiger partial charge >= 0.3 is 0 Å². The fourth-order valence-corrected chi connectivity index (χ4v) is 3.01. The fraction of sp³-hybridized carbons (Fsp3) is 0.556. The normalized spacial score (nSPS) is 17.0. The number of primary amides is 1. The van der Waals surface area contributed by atoms with E-state index < -0.39 is 6.10 Å². The Morgan fingerprint density at radius 3 is 2.39 bits per heavy atom. The minimum absolute atomic E-state index is 0.0357. The van der Waals surface area contributed by atoms with E-state index in [2.05, 4.69) is 6.07 Å². The van der Waals surface area contributed by atoms with Gasteiger partial charge in [0.25, 0.3) is 5.91 Å². The fourth-order valence-electron chi connectivity index (χ4n) is 3.01. The number of rotatable bonds is 4. The summed E-state index contributed by atoms with van der Waals surface area (Å²) in [7, 11) is 0. The van der Waals surface area contributed by atoms with Crippen LogP contribution in [-0.4, -0.2) is 35.9 Å². The van der Waals surface area contributed by atoms with Gasteiger partial charge in [-0.05, 0) is 63.3 Å². The lowest BCUT2D eigenvalue weighted by molar-refractivity contribution is -0.140. The van der Waals surface area contributed by atoms with Crippen LogP contribution in [0.5, 0.6) is 5.75 Å². The second kappa shape index (κ2) is 7.02. The SMILES string of the molecule is Cc1cc(C)c(C)c(O[C@@H](C)C(=O)N2CCC(C(N)=O)CC2)c1. The van der Waals surface area contributed by atoms with E-state index in [-0.39, 0.29) is 17.7 Å². The molecule has 0 aliphatic carbocycles. The first-order valence-electron chi connectivity index (χ1n) is 8.12. The number of amides is 2. The van der Waals surface area contributed by atoms with E-state index in [9.17, 15) is 9.59 Å². The predicted molar refractivity (Wildman–Crippen MR) is 89.2 cm³/mol. The molecule has 2 rings (SSSR count). The topological polar surface area (TPSA) is 72.6 Å². The number of carbonyl (C=O) groups excluding carboxylic acids is 2. The highest BCUT2D eigenvalue weighted by Crippen LogP contribution is 2.25. The number of aryl methyl sites for hydroxylation is 2. The molecule has 2 N–H and O–H groups in total. The van der Waals surface area contributed by atoms with Crippen molar-refractivity contribution in [3.63, 3.8) is 0 Å². The summed E-state index contributed by atoms with van der Waals surface area (Å²) in [5.41, 5.74) is 8.66. The third-order valence-electron chi connectivity index (χ3n) is 4.62. The lowest BCUT2D eigenvalue weighted by Crippen LogP contribution is -2.46. The largest absolute Gasteiger partial charge is 0.481 e. The van der Waals surface area contributed by atoms with Crippen molar-refractivity contribution in [1.29, 1.82) is 0 Å². The average molecular weight is 318 g/mol. The number of likely N-dealkylation sites (tertiary alicyclic amines) is 1. The summed E-state index contributed by atoms with van der Waals surface area (Å²) in [6.07, 6.45) is 0.729. The second-order valence-corrected chi connectivity index (χ2v) is 6.47. The van der Waals surface area contributed by atoms with Crippen LogP contribution >= 0.6 is 0 Å². The smallest absolute Gasteiger partial charge is 0.263 e. The molecule has 1 aliphatic heterocycles. The van der Waals surface area contributed by atoms with Gasteiger partial charge < -0.3 is 15.4 Å². The zero-order valence-electron chi connectivity index (χ0n) is 14.4. The van der Waals surface area contributed by atoms with Crippen molar-refractivity contribution in [1.82, 2.24) is 4.90 Å². The maximum Gasteiger partial charge on any atom is 0.263 e. The Balaban J connectivity index is 2.00. The van der Waals surface area contributed by atoms with Crippen molar-refractivity contribution in [2.75, 3.05) is 13.1 Å². The maximum absolute atomic E-state index is 12.5. The zero-order valence-corrected chi connectivity index (χ0v) is 14.4. The van der Waals surface area contributed by atoms with Crippen LogP contribution in [0.25, 0.3) is 0 Å². The van der Waals surface area contributed by atoms with Crippen LogP contribution in [-0.2, 0) is 9.59 Å². The average Bonchev–Trinajstić information content (AvgIpc) is 2.51. The Kier molecular flexibility index (Phi) is 5.29. The molecule has 0 aromatic heterocycles. The highest BCUT2D eigenvalue weighted by atomic mass is 16.5. The first-order valence-corrected chi connectivity index (χ1v) is 8.12. The summed E-state index contributed by atoms with van der Waals surface area (Å²) in [6, 6.07) is 4.06. The van der Waals surface area contributed by atoms with Crippen LogP contribution < -0.4 is 10.5 Å². The molecule has 1 fully saturated rings. The van der Waals surface area contributed by atoms with Crippen LogP contribution in [0.2, 0.25) is 0 Å². The van der Waals surface area contributed by atoms with E-state index in [1.54, 1.807) is 11.8 Å². The molecule has 0 radical (unpaired) electrons. The van der Waals surface area contributed by atoms with Gasteiger partial charge in [-0.1, -0.05) is 6.07 Å². The Labute approximate surface area is 137 Å². The molecule has 1 aromatic carbocycles. The van der Waals surface area contributed by atoms with Gasteiger partial charge in [0.15, 0.2) is 6.10 Å². The van der Waals surface area contributed by atoms with Crippen LogP contribution in [0.3, 0.4) is 0 Å². The van der Waals surface area contributed by atoms with Gasteiger partial charge in [-0.3, -0.25) is 9.59 Å². The molecule has 0 saturated carbocycles. The highest BCUT2D eigenvalue weighted by Gasteiger charge is 2.29. The number of nitrogens with two attached hydrogens (primary N) is 1. The molecular weight excluding hydrogens is 292 g/mol. The van der Waals surface area contributed by atoms with Gasteiger partial charge in [0.1, 0.15) is 5.75 Å². The minimum atomic E-state index is -0.542. The van der Waals surface area contributed by atoms with E-state index in [0.29, 0.717) is 25.9 Å². The molecule has 23 heavy (non-hydrogen) atoms. The number of hydrogen-bond donors (Lipinski definition) is 1. The number of nitrogens with zero attached hydrogens (tertiary/aromatic N) is 1. The van der Waals surface area contributed by atoms with Crippen LogP contribution in [0, 0.1) is 26.7 Å². The van der Waals surface area contributed by atoms with Crippen molar-refractivity contribution >= 4 is 11.8 Å². The third kappa shape index (κ3) is 4.03. The number of hydrogen-bond acceptors (Lipinski definition) is 3. The lowest BCUT2D eigenvalue weighted by atomic mass is 9.96. The molecule has 1 heterocycles. The van der Waals surface area contributed by atoms with Crippen LogP contribution in [0.15, 0.2) is 12.1 Å². The molecule has 0 bridgehead atoms. The molecule has 1 saturated heterocycles. The van der Waals surface area contributed by atoms with E-state index in [4.69, 9.17) is 10.5 Å². The predicted octanol–water partition coefficient (Wildman–Crippen LogP) is 2.10. The molecule has 5 heteroatoms. The van der Waals surface area contributed by atoms with Crippen molar-refractivity contribution < 1.29 is 14.3 Å². The number of carbonyl (C=O) groups is 2. The monoisotopic (exact) mass is 318 g/mol. The number of benzene rings is 1. The van der Waals surface area contributed by atoms with Gasteiger partial charge in [-0.25, -0.2) is 0 Å². The van der Waals surface area contributed by atoms with Gasteiger partial charge in [-0.15, -0.1) is 0 Å². The molecular formula is C18H26N2O3. The molecule has 1 atom stereocenters. The quantitative estimate of drug-likeness (QED) is 0.924. The lowest BCUT2D eigenvalue weighted by Gasteiger charge is -2.32. The van der Waals surface area contributed by atoms with E-state index in [0.717, 1.165) is 22.4 Å². The molecule has 1 aliphatic rings. The Hall–Kier alpha value is -2.04. The number of ether oxygens (including phenoxy) is 1. The first kappa shape index (κ1) is 17.3. The van der Waals surface area contributed by atoms with Gasteiger partial charge in [-0.2, -0.15) is 0 Å². The van der Waals surface area contributed by atoms with E-state index >= 15 is 0 Å². The van der Waals surface area contributed by atoms with E-state index in [1.807, 2.05) is 26.8 Å². The summed E-state index contributed by atoms with van der Waals surface area (Å²) in [5.74, 6) is 0.339. The summed E-state index contributed by atoms with van der Waals surface area (Å²) in [6.45, 7) is 8.95. The van der Waals surface area contributed by atoms with Crippen molar-refractivity contribution in [2.24, 2.45) is 11.7 Å². The molecule has 0 spiro atoms. The van der Waals surface area contributed by atoms with Crippen LogP contribution in [0.4, 0.5) is 0 Å². The number of piperidine rings is 1. The van der Waals surface area contributed by atoms with Gasteiger partial charge in [0, 0.05) is 19.0 Å². The van der Waals surface area contributed by atoms with Crippen molar-refractivity contribution in [2.45, 2.75) is 46.6 Å². The van der Waals surface area contributed by atoms with Gasteiger partial charge in [0.05, 0.1) is 0 Å². The first-order chi connectivity index (χ1) is 10.8. The van der Waals surface area contributed by atoms with Crippen LogP contribution in [0.1, 0.15) is 36.5 Å². The Morgan fingerprint density at radius 1 is 1.22 bits per heavy atom. The van der Waals surface area contributed by atoms with Crippen molar-refractivity contribution in [3.8, 4) is 5.75 Å². The summed E-state index contributed by atoms with van der Waals surface area (Å²) >= 11 is 0. The maximum atomic E-state index is 12.5. The standard InChI is InChI=1S/C18H26N2O3/c1-11-9-12(2)13(3)16(10-11)23-14(4)18(22)20-7-5-15(6-8-20)17(19)21/h9-10,14-15H,5-8H2,1-4H3,(H2,19,21)/t14-/m0/s1. The summed E-state index contributed by atoms with van der Waals surface area (Å²) in [4.78, 5) is 25.5. The summed E-state index contributed by atoms with van der Waals surface area (Å²) < 4.78 is 5.91. The molecule has 2 amide bonds. The minimum Gasteiger partial charge on any atom is -0.481 e. The molecule has 1 aromatic rings.